The lowest BCUT2D eigenvalue weighted by atomic mass is 10.00. The predicted octanol–water partition coefficient (Wildman–Crippen LogP) is 4.09. The maximum atomic E-state index is 12.2. The molecule has 1 heterocycles. The van der Waals surface area contributed by atoms with Gasteiger partial charge in [0.2, 0.25) is 5.91 Å². The molecule has 1 unspecified atom stereocenters. The molecule has 0 aliphatic carbocycles. The molecular weight excluding hydrogens is 444 g/mol. The molecule has 3 aromatic carbocycles. The van der Waals surface area contributed by atoms with Crippen LogP contribution in [0.25, 0.3) is 10.9 Å². The third-order valence-electron chi connectivity index (χ3n) is 5.56. The number of aliphatic imine (C=N–C) groups is 1. The monoisotopic (exact) mass is 470 g/mol. The van der Waals surface area contributed by atoms with Crippen LogP contribution < -0.4 is 11.5 Å². The van der Waals surface area contributed by atoms with E-state index in [2.05, 4.69) is 4.98 Å². The van der Waals surface area contributed by atoms with Gasteiger partial charge in [0.05, 0.1) is 29.1 Å². The number of nitrogens with zero attached hydrogens (tertiary/aromatic N) is 1. The summed E-state index contributed by atoms with van der Waals surface area (Å²) < 4.78 is 5.08. The molecule has 0 saturated heterocycles. The number of nitrogens with two attached hydrogens (primary N) is 2. The number of aromatic nitrogens is 1. The summed E-state index contributed by atoms with van der Waals surface area (Å²) in [6, 6.07) is 21.3. The Morgan fingerprint density at radius 2 is 1.74 bits per heavy atom. The SMILES string of the molecule is CCOC(=O)c1ccc2c(C(=Nc3ccc(C(N)CC(N)=O)cc3)c3ccccc3)c(O)[nH]c2c1. The topological polar surface area (TPSA) is 144 Å². The lowest BCUT2D eigenvalue weighted by Gasteiger charge is -2.11. The molecule has 0 saturated carbocycles. The zero-order valence-corrected chi connectivity index (χ0v) is 19.2. The second-order valence-electron chi connectivity index (χ2n) is 8.02. The molecule has 4 aromatic rings. The van der Waals surface area contributed by atoms with Crippen LogP contribution in [0.3, 0.4) is 0 Å². The van der Waals surface area contributed by atoms with Crippen LogP contribution in [0, 0.1) is 0 Å². The number of esters is 1. The van der Waals surface area contributed by atoms with E-state index >= 15 is 0 Å². The highest BCUT2D eigenvalue weighted by Gasteiger charge is 2.20. The van der Waals surface area contributed by atoms with Gasteiger partial charge in [-0.1, -0.05) is 48.5 Å². The second kappa shape index (κ2) is 10.2. The molecule has 0 spiro atoms. The highest BCUT2D eigenvalue weighted by Crippen LogP contribution is 2.32. The van der Waals surface area contributed by atoms with Crippen molar-refractivity contribution in [2.75, 3.05) is 6.61 Å². The Hall–Kier alpha value is -4.43. The zero-order chi connectivity index (χ0) is 24.9. The Balaban J connectivity index is 1.80. The van der Waals surface area contributed by atoms with Gasteiger partial charge in [-0.15, -0.1) is 0 Å². The third kappa shape index (κ3) is 5.23. The number of primary amides is 1. The summed E-state index contributed by atoms with van der Waals surface area (Å²) in [7, 11) is 0. The summed E-state index contributed by atoms with van der Waals surface area (Å²) in [5.41, 5.74) is 15.5. The number of aromatic hydroxyl groups is 1. The number of hydrogen-bond donors (Lipinski definition) is 4. The zero-order valence-electron chi connectivity index (χ0n) is 19.2. The number of carbonyl (C=O) groups is 2. The molecule has 8 nitrogen and oxygen atoms in total. The second-order valence-corrected chi connectivity index (χ2v) is 8.02. The molecule has 0 radical (unpaired) electrons. The van der Waals surface area contributed by atoms with Gasteiger partial charge in [-0.25, -0.2) is 9.79 Å². The normalized spacial score (nSPS) is 12.5. The highest BCUT2D eigenvalue weighted by molar-refractivity contribution is 6.22. The van der Waals surface area contributed by atoms with Crippen molar-refractivity contribution in [3.63, 3.8) is 0 Å². The van der Waals surface area contributed by atoms with Gasteiger partial charge >= 0.3 is 5.97 Å². The van der Waals surface area contributed by atoms with Crippen LogP contribution in [0.1, 0.15) is 46.4 Å². The van der Waals surface area contributed by atoms with E-state index in [1.807, 2.05) is 30.3 Å². The van der Waals surface area contributed by atoms with Crippen molar-refractivity contribution < 1.29 is 19.4 Å². The number of benzene rings is 3. The number of fused-ring (bicyclic) bond motifs is 1. The van der Waals surface area contributed by atoms with E-state index in [1.165, 1.54) is 0 Å². The maximum Gasteiger partial charge on any atom is 0.338 e. The van der Waals surface area contributed by atoms with Gasteiger partial charge in [0, 0.05) is 28.9 Å². The number of nitrogens with one attached hydrogen (secondary N) is 1. The number of ether oxygens (including phenoxy) is 1. The van der Waals surface area contributed by atoms with E-state index in [9.17, 15) is 14.7 Å². The third-order valence-corrected chi connectivity index (χ3v) is 5.56. The van der Waals surface area contributed by atoms with Crippen LogP contribution in [-0.2, 0) is 9.53 Å². The Bertz CT molecular complexity index is 1390. The predicted molar refractivity (Wildman–Crippen MR) is 135 cm³/mol. The van der Waals surface area contributed by atoms with Crippen LogP contribution in [0.4, 0.5) is 5.69 Å². The van der Waals surface area contributed by atoms with Crippen LogP contribution in [0.15, 0.2) is 77.8 Å². The lowest BCUT2D eigenvalue weighted by Crippen LogP contribution is -2.20. The molecule has 6 N–H and O–H groups in total. The van der Waals surface area contributed by atoms with Crippen LogP contribution in [-0.4, -0.2) is 34.3 Å². The van der Waals surface area contributed by atoms with E-state index < -0.39 is 17.9 Å². The van der Waals surface area contributed by atoms with E-state index in [1.54, 1.807) is 49.4 Å². The van der Waals surface area contributed by atoms with Gasteiger partial charge in [-0.05, 0) is 36.8 Å². The summed E-state index contributed by atoms with van der Waals surface area (Å²) in [5.74, 6) is -0.966. The molecule has 4 rings (SSSR count). The summed E-state index contributed by atoms with van der Waals surface area (Å²) in [4.78, 5) is 31.1. The number of amides is 1. The van der Waals surface area contributed by atoms with Crippen LogP contribution >= 0.6 is 0 Å². The fourth-order valence-corrected chi connectivity index (χ4v) is 3.88. The summed E-state index contributed by atoms with van der Waals surface area (Å²) >= 11 is 0. The summed E-state index contributed by atoms with van der Waals surface area (Å²) in [6.07, 6.45) is 0.0505. The van der Waals surface area contributed by atoms with E-state index in [4.69, 9.17) is 21.2 Å². The van der Waals surface area contributed by atoms with E-state index in [-0.39, 0.29) is 18.9 Å². The molecule has 0 bridgehead atoms. The maximum absolute atomic E-state index is 12.2. The van der Waals surface area contributed by atoms with Crippen molar-refractivity contribution >= 4 is 34.2 Å². The Morgan fingerprint density at radius 1 is 1.03 bits per heavy atom. The average molecular weight is 471 g/mol. The van der Waals surface area contributed by atoms with Gasteiger partial charge in [-0.2, -0.15) is 0 Å². The van der Waals surface area contributed by atoms with Crippen molar-refractivity contribution in [2.45, 2.75) is 19.4 Å². The van der Waals surface area contributed by atoms with Gasteiger partial charge in [0.1, 0.15) is 0 Å². The van der Waals surface area contributed by atoms with Crippen LogP contribution in [0.5, 0.6) is 5.88 Å². The molecule has 1 amide bonds. The molecule has 1 atom stereocenters. The van der Waals surface area contributed by atoms with Crippen molar-refractivity contribution in [1.29, 1.82) is 0 Å². The minimum Gasteiger partial charge on any atom is -0.494 e. The van der Waals surface area contributed by atoms with E-state index in [0.717, 1.165) is 11.1 Å². The number of hydrogen-bond acceptors (Lipinski definition) is 6. The van der Waals surface area contributed by atoms with Crippen molar-refractivity contribution in [2.24, 2.45) is 16.5 Å². The molecular formula is C27H26N4O4. The van der Waals surface area contributed by atoms with Crippen LogP contribution in [0.2, 0.25) is 0 Å². The molecule has 35 heavy (non-hydrogen) atoms. The first-order chi connectivity index (χ1) is 16.9. The summed E-state index contributed by atoms with van der Waals surface area (Å²) in [5, 5.41) is 11.6. The fourth-order valence-electron chi connectivity index (χ4n) is 3.88. The van der Waals surface area contributed by atoms with Gasteiger partial charge in [0.15, 0.2) is 5.88 Å². The number of carbonyl (C=O) groups excluding carboxylic acids is 2. The highest BCUT2D eigenvalue weighted by atomic mass is 16.5. The molecule has 1 aromatic heterocycles. The minimum atomic E-state index is -0.495. The standard InChI is InChI=1S/C27H26N4O4/c1-2-35-27(34)18-10-13-20-22(14-18)31-26(33)24(20)25(17-6-4-3-5-7-17)30-19-11-8-16(9-12-19)21(28)15-23(29)32/h3-14,21,31,33H,2,15,28H2,1H3,(H2,29,32). The first-order valence-corrected chi connectivity index (χ1v) is 11.2. The number of H-pyrrole nitrogens is 1. The van der Waals surface area contributed by atoms with Gasteiger partial charge in [-0.3, -0.25) is 4.79 Å². The largest absolute Gasteiger partial charge is 0.494 e. The number of aromatic amines is 1. The van der Waals surface area contributed by atoms with Gasteiger partial charge in [0.25, 0.3) is 0 Å². The quantitative estimate of drug-likeness (QED) is 0.226. The Labute approximate surface area is 202 Å². The first-order valence-electron chi connectivity index (χ1n) is 11.2. The Kier molecular flexibility index (Phi) is 6.93. The molecule has 8 heteroatoms. The molecule has 0 aliphatic rings. The smallest absolute Gasteiger partial charge is 0.338 e. The van der Waals surface area contributed by atoms with Gasteiger partial charge < -0.3 is 26.3 Å². The minimum absolute atomic E-state index is 0.0505. The van der Waals surface area contributed by atoms with Crippen molar-refractivity contribution in [3.8, 4) is 5.88 Å². The fraction of sp³-hybridized carbons (Fsp3) is 0.148. The van der Waals surface area contributed by atoms with Crippen molar-refractivity contribution in [1.82, 2.24) is 4.98 Å². The summed E-state index contributed by atoms with van der Waals surface area (Å²) in [6.45, 7) is 2.02. The van der Waals surface area contributed by atoms with E-state index in [0.29, 0.717) is 33.4 Å². The lowest BCUT2D eigenvalue weighted by molar-refractivity contribution is -0.118. The molecule has 0 fully saturated rings. The molecule has 0 aliphatic heterocycles. The number of rotatable bonds is 8. The Morgan fingerprint density at radius 3 is 2.40 bits per heavy atom. The first kappa shape index (κ1) is 23.7. The van der Waals surface area contributed by atoms with Crippen molar-refractivity contribution in [3.05, 3.63) is 95.1 Å². The average Bonchev–Trinajstić information content (AvgIpc) is 3.17. The molecule has 178 valence electrons.